The predicted octanol–water partition coefficient (Wildman–Crippen LogP) is 2.11. The van der Waals surface area contributed by atoms with E-state index >= 15 is 0 Å². The summed E-state index contributed by atoms with van der Waals surface area (Å²) in [4.78, 5) is 6.46. The van der Waals surface area contributed by atoms with E-state index in [9.17, 15) is 4.39 Å². The monoisotopic (exact) mass is 279 g/mol. The third-order valence-electron chi connectivity index (χ3n) is 3.41. The quantitative estimate of drug-likeness (QED) is 0.809. The van der Waals surface area contributed by atoms with Crippen LogP contribution in [0.5, 0.6) is 0 Å². The van der Waals surface area contributed by atoms with Crippen molar-refractivity contribution in [2.45, 2.75) is 19.9 Å². The lowest BCUT2D eigenvalue weighted by Gasteiger charge is -2.29. The van der Waals surface area contributed by atoms with Gasteiger partial charge in [-0.2, -0.15) is 0 Å². The molecule has 0 bridgehead atoms. The van der Waals surface area contributed by atoms with Crippen molar-refractivity contribution in [3.8, 4) is 0 Å². The first-order chi connectivity index (χ1) is 9.74. The summed E-state index contributed by atoms with van der Waals surface area (Å²) in [5.41, 5.74) is 2.23. The van der Waals surface area contributed by atoms with Crippen LogP contribution in [-0.2, 0) is 11.3 Å². The second-order valence-corrected chi connectivity index (χ2v) is 4.91. The molecule has 5 heteroatoms. The summed E-state index contributed by atoms with van der Waals surface area (Å²) < 4.78 is 18.5. The molecule has 0 atom stereocenters. The van der Waals surface area contributed by atoms with Crippen LogP contribution in [0.25, 0.3) is 0 Å². The van der Waals surface area contributed by atoms with Crippen molar-refractivity contribution in [3.05, 3.63) is 35.3 Å². The van der Waals surface area contributed by atoms with Crippen LogP contribution in [0, 0.1) is 5.82 Å². The Hall–Kier alpha value is -1.46. The van der Waals surface area contributed by atoms with Crippen LogP contribution in [-0.4, -0.2) is 38.3 Å². The number of anilines is 1. The smallest absolute Gasteiger partial charge is 0.141 e. The molecule has 1 aromatic heterocycles. The minimum absolute atomic E-state index is 0.283. The van der Waals surface area contributed by atoms with Gasteiger partial charge in [0.2, 0.25) is 0 Å². The molecule has 0 aromatic carbocycles. The minimum atomic E-state index is -0.283. The number of hydrogen-bond donors (Lipinski definition) is 1. The van der Waals surface area contributed by atoms with Crippen molar-refractivity contribution < 1.29 is 9.13 Å². The molecule has 0 spiro atoms. The Labute approximate surface area is 119 Å². The minimum Gasteiger partial charge on any atom is -0.380 e. The molecule has 4 nitrogen and oxygen atoms in total. The summed E-state index contributed by atoms with van der Waals surface area (Å²) in [5, 5.41) is 3.23. The van der Waals surface area contributed by atoms with Gasteiger partial charge in [0, 0.05) is 32.3 Å². The Balaban J connectivity index is 2.12. The topological polar surface area (TPSA) is 37.4 Å². The van der Waals surface area contributed by atoms with Gasteiger partial charge in [0.15, 0.2) is 0 Å². The van der Waals surface area contributed by atoms with E-state index in [0.29, 0.717) is 13.2 Å². The number of methoxy groups -OCH3 is 1. The largest absolute Gasteiger partial charge is 0.380 e. The zero-order valence-electron chi connectivity index (χ0n) is 12.2. The molecule has 2 rings (SSSR count). The third-order valence-corrected chi connectivity index (χ3v) is 3.41. The lowest BCUT2D eigenvalue weighted by Crippen LogP contribution is -2.31. The van der Waals surface area contributed by atoms with E-state index in [1.54, 1.807) is 13.2 Å². The number of pyridine rings is 1. The fourth-order valence-corrected chi connectivity index (χ4v) is 2.37. The van der Waals surface area contributed by atoms with Crippen molar-refractivity contribution in [1.82, 2.24) is 10.3 Å². The average Bonchev–Trinajstić information content (AvgIpc) is 2.47. The van der Waals surface area contributed by atoms with E-state index < -0.39 is 0 Å². The Morgan fingerprint density at radius 2 is 2.35 bits per heavy atom. The molecule has 1 aliphatic rings. The SMILES string of the molecule is CCNCc1cc(F)cnc1N1CC=C(COC)CC1. The molecular formula is C15H22FN3O. The van der Waals surface area contributed by atoms with Gasteiger partial charge in [-0.1, -0.05) is 13.0 Å². The second-order valence-electron chi connectivity index (χ2n) is 4.91. The number of halogens is 1. The van der Waals surface area contributed by atoms with Gasteiger partial charge in [-0.25, -0.2) is 9.37 Å². The lowest BCUT2D eigenvalue weighted by molar-refractivity contribution is 0.222. The van der Waals surface area contributed by atoms with Crippen molar-refractivity contribution >= 4 is 5.82 Å². The number of aromatic nitrogens is 1. The van der Waals surface area contributed by atoms with Crippen LogP contribution in [0.2, 0.25) is 0 Å². The highest BCUT2D eigenvalue weighted by atomic mass is 19.1. The first-order valence-electron chi connectivity index (χ1n) is 7.01. The summed E-state index contributed by atoms with van der Waals surface area (Å²) in [6.07, 6.45) is 4.43. The predicted molar refractivity (Wildman–Crippen MR) is 78.4 cm³/mol. The van der Waals surface area contributed by atoms with Crippen LogP contribution < -0.4 is 10.2 Å². The molecule has 0 unspecified atom stereocenters. The highest BCUT2D eigenvalue weighted by Crippen LogP contribution is 2.22. The maximum absolute atomic E-state index is 13.4. The van der Waals surface area contributed by atoms with E-state index in [1.807, 2.05) is 6.92 Å². The molecule has 0 saturated carbocycles. The van der Waals surface area contributed by atoms with Gasteiger partial charge in [-0.3, -0.25) is 0 Å². The summed E-state index contributed by atoms with van der Waals surface area (Å²) in [6, 6.07) is 1.57. The zero-order chi connectivity index (χ0) is 14.4. The van der Waals surface area contributed by atoms with Crippen LogP contribution in [0.1, 0.15) is 18.9 Å². The molecule has 0 radical (unpaired) electrons. The van der Waals surface area contributed by atoms with Gasteiger partial charge in [0.05, 0.1) is 12.8 Å². The molecule has 1 aliphatic heterocycles. The average molecular weight is 279 g/mol. The van der Waals surface area contributed by atoms with Crippen molar-refractivity contribution in [1.29, 1.82) is 0 Å². The van der Waals surface area contributed by atoms with Crippen LogP contribution in [0.15, 0.2) is 23.9 Å². The Kier molecular flexibility index (Phi) is 5.49. The van der Waals surface area contributed by atoms with Crippen LogP contribution in [0.3, 0.4) is 0 Å². The Morgan fingerprint density at radius 1 is 1.50 bits per heavy atom. The van der Waals surface area contributed by atoms with E-state index in [0.717, 1.165) is 37.4 Å². The normalized spacial score (nSPS) is 15.3. The van der Waals surface area contributed by atoms with Crippen LogP contribution in [0.4, 0.5) is 10.2 Å². The van der Waals surface area contributed by atoms with Gasteiger partial charge in [-0.05, 0) is 24.6 Å². The molecule has 0 saturated heterocycles. The number of ether oxygens (including phenoxy) is 1. The summed E-state index contributed by atoms with van der Waals surface area (Å²) >= 11 is 0. The van der Waals surface area contributed by atoms with E-state index in [1.165, 1.54) is 11.8 Å². The van der Waals surface area contributed by atoms with Crippen molar-refractivity contribution in [3.63, 3.8) is 0 Å². The fraction of sp³-hybridized carbons (Fsp3) is 0.533. The van der Waals surface area contributed by atoms with Crippen molar-refractivity contribution in [2.24, 2.45) is 0 Å². The van der Waals surface area contributed by atoms with Gasteiger partial charge < -0.3 is 15.0 Å². The molecule has 20 heavy (non-hydrogen) atoms. The highest BCUT2D eigenvalue weighted by Gasteiger charge is 2.16. The number of rotatable bonds is 6. The van der Waals surface area contributed by atoms with E-state index in [4.69, 9.17) is 4.74 Å². The number of hydrogen-bond acceptors (Lipinski definition) is 4. The molecule has 0 aliphatic carbocycles. The second kappa shape index (κ2) is 7.36. The van der Waals surface area contributed by atoms with Gasteiger partial charge in [0.25, 0.3) is 0 Å². The standard InChI is InChI=1S/C15H22FN3O/c1-3-17-9-13-8-14(16)10-18-15(13)19-6-4-12(5-7-19)11-20-2/h4,8,10,17H,3,5-7,9,11H2,1-2H3. The maximum atomic E-state index is 13.4. The summed E-state index contributed by atoms with van der Waals surface area (Å²) in [5.74, 6) is 0.592. The molecule has 0 amide bonds. The summed E-state index contributed by atoms with van der Waals surface area (Å²) in [6.45, 7) is 5.92. The molecule has 2 heterocycles. The first-order valence-corrected chi connectivity index (χ1v) is 7.01. The maximum Gasteiger partial charge on any atom is 0.141 e. The summed E-state index contributed by atoms with van der Waals surface area (Å²) in [7, 11) is 1.71. The lowest BCUT2D eigenvalue weighted by atomic mass is 10.1. The Bertz CT molecular complexity index is 476. The van der Waals surface area contributed by atoms with Gasteiger partial charge in [-0.15, -0.1) is 0 Å². The van der Waals surface area contributed by atoms with E-state index in [2.05, 4.69) is 21.3 Å². The first kappa shape index (κ1) is 14.9. The fourth-order valence-electron chi connectivity index (χ4n) is 2.37. The van der Waals surface area contributed by atoms with Crippen LogP contribution >= 0.6 is 0 Å². The molecule has 0 fully saturated rings. The Morgan fingerprint density at radius 3 is 3.00 bits per heavy atom. The van der Waals surface area contributed by atoms with Gasteiger partial charge >= 0.3 is 0 Å². The molecule has 1 N–H and O–H groups in total. The number of nitrogens with zero attached hydrogens (tertiary/aromatic N) is 2. The number of nitrogens with one attached hydrogen (secondary N) is 1. The van der Waals surface area contributed by atoms with Gasteiger partial charge in [0.1, 0.15) is 11.6 Å². The van der Waals surface area contributed by atoms with Crippen molar-refractivity contribution in [2.75, 3.05) is 38.3 Å². The molecular weight excluding hydrogens is 257 g/mol. The molecule has 110 valence electrons. The molecule has 1 aromatic rings. The third kappa shape index (κ3) is 3.77. The highest BCUT2D eigenvalue weighted by molar-refractivity contribution is 5.48. The zero-order valence-corrected chi connectivity index (χ0v) is 12.2. The van der Waals surface area contributed by atoms with E-state index in [-0.39, 0.29) is 5.82 Å².